The lowest BCUT2D eigenvalue weighted by molar-refractivity contribution is -0.130. The highest BCUT2D eigenvalue weighted by Crippen LogP contribution is 2.45. The molecule has 1 aromatic heterocycles. The summed E-state index contributed by atoms with van der Waals surface area (Å²) in [6, 6.07) is 0.520. The molecule has 0 aliphatic heterocycles. The molecule has 0 saturated heterocycles. The van der Waals surface area contributed by atoms with Crippen molar-refractivity contribution < 1.29 is 9.59 Å². The summed E-state index contributed by atoms with van der Waals surface area (Å²) >= 11 is 1.40. The first kappa shape index (κ1) is 15.3. The molecule has 2 saturated carbocycles. The number of rotatable bonds is 7. The lowest BCUT2D eigenvalue weighted by Gasteiger charge is -2.11. The zero-order valence-corrected chi connectivity index (χ0v) is 13.7. The van der Waals surface area contributed by atoms with Crippen LogP contribution in [0, 0.1) is 0 Å². The van der Waals surface area contributed by atoms with Gasteiger partial charge < -0.3 is 14.8 Å². The topological polar surface area (TPSA) is 80.1 Å². The highest BCUT2D eigenvalue weighted by molar-refractivity contribution is 7.99. The van der Waals surface area contributed by atoms with Gasteiger partial charge in [0.05, 0.1) is 12.3 Å². The van der Waals surface area contributed by atoms with Gasteiger partial charge in [-0.3, -0.25) is 9.59 Å². The molecule has 2 aliphatic rings. The Balaban J connectivity index is 1.53. The van der Waals surface area contributed by atoms with Gasteiger partial charge in [0.2, 0.25) is 11.8 Å². The molecule has 0 spiro atoms. The maximum absolute atomic E-state index is 11.8. The molecule has 0 atom stereocenters. The van der Waals surface area contributed by atoms with Crippen molar-refractivity contribution in [3.8, 4) is 0 Å². The highest BCUT2D eigenvalue weighted by atomic mass is 32.2. The third-order valence-corrected chi connectivity index (χ3v) is 4.76. The van der Waals surface area contributed by atoms with Crippen molar-refractivity contribution in [3.63, 3.8) is 0 Å². The van der Waals surface area contributed by atoms with Gasteiger partial charge in [-0.25, -0.2) is 0 Å². The van der Waals surface area contributed by atoms with E-state index in [2.05, 4.69) is 20.1 Å². The number of carbonyl (C=O) groups excluding carboxylic acids is 2. The van der Waals surface area contributed by atoms with Crippen molar-refractivity contribution in [1.29, 1.82) is 0 Å². The molecule has 22 heavy (non-hydrogen) atoms. The summed E-state index contributed by atoms with van der Waals surface area (Å²) in [5, 5.41) is 12.0. The van der Waals surface area contributed by atoms with Crippen molar-refractivity contribution in [3.05, 3.63) is 5.82 Å². The Morgan fingerprint density at radius 1 is 1.27 bits per heavy atom. The Kier molecular flexibility index (Phi) is 4.37. The second-order valence-electron chi connectivity index (χ2n) is 6.07. The summed E-state index contributed by atoms with van der Waals surface area (Å²) < 4.78 is 2.22. The third kappa shape index (κ3) is 3.60. The molecule has 120 valence electrons. The van der Waals surface area contributed by atoms with Crippen molar-refractivity contribution in [2.24, 2.45) is 0 Å². The number of hydrogen-bond acceptors (Lipinski definition) is 5. The number of likely N-dealkylation sites (N-methyl/N-ethyl adjacent to an activating group) is 1. The van der Waals surface area contributed by atoms with Crippen LogP contribution in [-0.4, -0.2) is 57.9 Å². The van der Waals surface area contributed by atoms with Crippen LogP contribution in [-0.2, 0) is 9.59 Å². The zero-order chi connectivity index (χ0) is 15.7. The largest absolute Gasteiger partial charge is 0.347 e. The molecule has 2 fully saturated rings. The minimum absolute atomic E-state index is 0.0367. The van der Waals surface area contributed by atoms with Gasteiger partial charge in [-0.1, -0.05) is 11.8 Å². The predicted octanol–water partition coefficient (Wildman–Crippen LogP) is 0.787. The van der Waals surface area contributed by atoms with E-state index in [0.717, 1.165) is 11.0 Å². The van der Waals surface area contributed by atoms with E-state index in [-0.39, 0.29) is 24.1 Å². The van der Waals surface area contributed by atoms with Crippen molar-refractivity contribution in [1.82, 2.24) is 25.0 Å². The third-order valence-electron chi connectivity index (χ3n) is 3.81. The van der Waals surface area contributed by atoms with E-state index < -0.39 is 0 Å². The minimum Gasteiger partial charge on any atom is -0.347 e. The van der Waals surface area contributed by atoms with E-state index in [4.69, 9.17) is 0 Å². The van der Waals surface area contributed by atoms with E-state index in [1.54, 1.807) is 14.1 Å². The second kappa shape index (κ2) is 6.28. The van der Waals surface area contributed by atoms with E-state index in [0.29, 0.717) is 12.0 Å². The van der Waals surface area contributed by atoms with Gasteiger partial charge in [-0.15, -0.1) is 10.2 Å². The van der Waals surface area contributed by atoms with Gasteiger partial charge in [0, 0.05) is 26.1 Å². The fraction of sp³-hybridized carbons (Fsp3) is 0.714. The molecule has 7 nitrogen and oxygen atoms in total. The summed E-state index contributed by atoms with van der Waals surface area (Å²) in [7, 11) is 3.33. The van der Waals surface area contributed by atoms with Crippen LogP contribution in [0.4, 0.5) is 0 Å². The Morgan fingerprint density at radius 2 is 2.00 bits per heavy atom. The molecule has 0 radical (unpaired) electrons. The highest BCUT2D eigenvalue weighted by Gasteiger charge is 2.36. The Bertz CT molecular complexity index is 578. The molecular weight excluding hydrogens is 302 g/mol. The molecule has 0 bridgehead atoms. The smallest absolute Gasteiger partial charge is 0.241 e. The van der Waals surface area contributed by atoms with Crippen LogP contribution in [0.1, 0.15) is 43.5 Å². The lowest BCUT2D eigenvalue weighted by Crippen LogP contribution is -2.37. The average Bonchev–Trinajstić information content (AvgIpc) is 3.41. The molecule has 8 heteroatoms. The predicted molar refractivity (Wildman–Crippen MR) is 82.7 cm³/mol. The SMILES string of the molecule is CN(C)C(=O)CNC(=O)CSc1nnc(C2CC2)n1C1CC1. The molecule has 1 aromatic rings. The maximum Gasteiger partial charge on any atom is 0.241 e. The summed E-state index contributed by atoms with van der Waals surface area (Å²) in [6.07, 6.45) is 4.75. The van der Waals surface area contributed by atoms with Crippen molar-refractivity contribution >= 4 is 23.6 Å². The van der Waals surface area contributed by atoms with Crippen LogP contribution in [0.3, 0.4) is 0 Å². The first-order valence-electron chi connectivity index (χ1n) is 7.60. The number of aromatic nitrogens is 3. The van der Waals surface area contributed by atoms with Crippen LogP contribution in [0.25, 0.3) is 0 Å². The van der Waals surface area contributed by atoms with Gasteiger partial charge >= 0.3 is 0 Å². The van der Waals surface area contributed by atoms with Crippen molar-refractivity contribution in [2.75, 3.05) is 26.4 Å². The molecule has 0 unspecified atom stereocenters. The number of nitrogens with one attached hydrogen (secondary N) is 1. The van der Waals surface area contributed by atoms with Crippen LogP contribution in [0.15, 0.2) is 5.16 Å². The first-order valence-corrected chi connectivity index (χ1v) is 8.59. The van der Waals surface area contributed by atoms with Crippen LogP contribution in [0.2, 0.25) is 0 Å². The van der Waals surface area contributed by atoms with Gasteiger partial charge in [0.25, 0.3) is 0 Å². The lowest BCUT2D eigenvalue weighted by atomic mass is 10.4. The van der Waals surface area contributed by atoms with E-state index in [1.165, 1.54) is 42.3 Å². The van der Waals surface area contributed by atoms with Crippen LogP contribution in [0.5, 0.6) is 0 Å². The quantitative estimate of drug-likeness (QED) is 0.750. The molecule has 0 aromatic carbocycles. The fourth-order valence-electron chi connectivity index (χ4n) is 2.20. The van der Waals surface area contributed by atoms with Crippen molar-refractivity contribution in [2.45, 2.75) is 42.8 Å². The number of nitrogens with zero attached hydrogens (tertiary/aromatic N) is 4. The first-order chi connectivity index (χ1) is 10.6. The van der Waals surface area contributed by atoms with Gasteiger partial charge in [0.1, 0.15) is 5.82 Å². The standard InChI is InChI=1S/C14H21N5O2S/c1-18(2)12(21)7-15-11(20)8-22-14-17-16-13(9-3-4-9)19(14)10-5-6-10/h9-10H,3-8H2,1-2H3,(H,15,20). The van der Waals surface area contributed by atoms with Gasteiger partial charge in [-0.2, -0.15) is 0 Å². The average molecular weight is 323 g/mol. The van der Waals surface area contributed by atoms with Crippen LogP contribution < -0.4 is 5.32 Å². The number of thioether (sulfide) groups is 1. The van der Waals surface area contributed by atoms with Gasteiger partial charge in [0.15, 0.2) is 5.16 Å². The Morgan fingerprint density at radius 3 is 2.59 bits per heavy atom. The molecule has 1 heterocycles. The Labute approximate surface area is 133 Å². The fourth-order valence-corrected chi connectivity index (χ4v) is 3.04. The number of amides is 2. The van der Waals surface area contributed by atoms with E-state index >= 15 is 0 Å². The van der Waals surface area contributed by atoms with Gasteiger partial charge in [-0.05, 0) is 25.7 Å². The van der Waals surface area contributed by atoms with E-state index in [1.807, 2.05) is 0 Å². The summed E-state index contributed by atoms with van der Waals surface area (Å²) in [6.45, 7) is 0.0367. The molecule has 2 amide bonds. The number of hydrogen-bond donors (Lipinski definition) is 1. The summed E-state index contributed by atoms with van der Waals surface area (Å²) in [5.41, 5.74) is 0. The summed E-state index contributed by atoms with van der Waals surface area (Å²) in [4.78, 5) is 24.7. The molecular formula is C14H21N5O2S. The second-order valence-corrected chi connectivity index (χ2v) is 7.01. The molecule has 2 aliphatic carbocycles. The molecule has 1 N–H and O–H groups in total. The van der Waals surface area contributed by atoms with E-state index in [9.17, 15) is 9.59 Å². The Hall–Kier alpha value is -1.57. The van der Waals surface area contributed by atoms with Crippen LogP contribution >= 0.6 is 11.8 Å². The molecule has 3 rings (SSSR count). The summed E-state index contributed by atoms with van der Waals surface area (Å²) in [5.74, 6) is 1.65. The minimum atomic E-state index is -0.154. The monoisotopic (exact) mass is 323 g/mol. The maximum atomic E-state index is 11.8. The zero-order valence-electron chi connectivity index (χ0n) is 12.9. The number of carbonyl (C=O) groups is 2. The normalized spacial score (nSPS) is 17.4.